The molecule has 0 aliphatic carbocycles. The predicted octanol–water partition coefficient (Wildman–Crippen LogP) is 1.50. The van der Waals surface area contributed by atoms with Crippen LogP contribution in [-0.4, -0.2) is 41.4 Å². The third-order valence-corrected chi connectivity index (χ3v) is 3.21. The van der Waals surface area contributed by atoms with Crippen molar-refractivity contribution in [3.05, 3.63) is 0 Å². The molecule has 1 aliphatic heterocycles. The zero-order valence-corrected chi connectivity index (χ0v) is 11.9. The molecule has 2 amide bonds. The van der Waals surface area contributed by atoms with E-state index < -0.39 is 18.0 Å². The van der Waals surface area contributed by atoms with E-state index in [-0.39, 0.29) is 11.6 Å². The maximum Gasteiger partial charge on any atom is 0.326 e. The molecular weight excluding hydrogens is 248 g/mol. The van der Waals surface area contributed by atoms with Crippen molar-refractivity contribution < 1.29 is 19.4 Å². The molecule has 1 unspecified atom stereocenters. The van der Waals surface area contributed by atoms with Gasteiger partial charge in [0.2, 0.25) is 0 Å². The Bertz CT molecular complexity index is 331. The number of hydrogen-bond donors (Lipinski definition) is 3. The first kappa shape index (κ1) is 15.8. The van der Waals surface area contributed by atoms with E-state index >= 15 is 0 Å². The molecule has 1 saturated heterocycles. The Morgan fingerprint density at radius 2 is 2.16 bits per heavy atom. The summed E-state index contributed by atoms with van der Waals surface area (Å²) in [7, 11) is 0. The van der Waals surface area contributed by atoms with Crippen molar-refractivity contribution in [2.45, 2.75) is 64.1 Å². The maximum atomic E-state index is 11.8. The lowest BCUT2D eigenvalue weighted by Gasteiger charge is -2.35. The summed E-state index contributed by atoms with van der Waals surface area (Å²) in [5.41, 5.74) is -0.244. The quantitative estimate of drug-likeness (QED) is 0.707. The molecule has 1 heterocycles. The minimum absolute atomic E-state index is 0.0276. The SMILES string of the molecule is CCC[C@H](NC(=O)NC1CCOC(C)(C)C1)C(=O)O. The summed E-state index contributed by atoms with van der Waals surface area (Å²) in [5, 5.41) is 14.3. The van der Waals surface area contributed by atoms with Crippen molar-refractivity contribution in [3.63, 3.8) is 0 Å². The van der Waals surface area contributed by atoms with E-state index in [9.17, 15) is 9.59 Å². The lowest BCUT2D eigenvalue weighted by atomic mass is 9.94. The van der Waals surface area contributed by atoms with Gasteiger partial charge >= 0.3 is 12.0 Å². The van der Waals surface area contributed by atoms with Crippen LogP contribution in [0.2, 0.25) is 0 Å². The second-order valence-electron chi connectivity index (χ2n) is 5.60. The number of carbonyl (C=O) groups excluding carboxylic acids is 1. The average Bonchev–Trinajstić information content (AvgIpc) is 2.26. The third kappa shape index (κ3) is 5.46. The van der Waals surface area contributed by atoms with Gasteiger partial charge in [-0.2, -0.15) is 0 Å². The van der Waals surface area contributed by atoms with E-state index in [4.69, 9.17) is 9.84 Å². The molecule has 1 rings (SSSR count). The van der Waals surface area contributed by atoms with Crippen LogP contribution >= 0.6 is 0 Å². The minimum Gasteiger partial charge on any atom is -0.480 e. The van der Waals surface area contributed by atoms with Gasteiger partial charge in [-0.25, -0.2) is 9.59 Å². The van der Waals surface area contributed by atoms with Crippen molar-refractivity contribution in [1.29, 1.82) is 0 Å². The fourth-order valence-electron chi connectivity index (χ4n) is 2.29. The fourth-order valence-corrected chi connectivity index (χ4v) is 2.29. The molecule has 2 atom stereocenters. The molecule has 0 saturated carbocycles. The van der Waals surface area contributed by atoms with Crippen LogP contribution in [0.15, 0.2) is 0 Å². The number of carboxylic acids is 1. The van der Waals surface area contributed by atoms with Gasteiger partial charge in [0, 0.05) is 12.6 Å². The smallest absolute Gasteiger partial charge is 0.326 e. The number of hydrogen-bond acceptors (Lipinski definition) is 3. The van der Waals surface area contributed by atoms with Crippen LogP contribution in [0.1, 0.15) is 46.5 Å². The van der Waals surface area contributed by atoms with Gasteiger partial charge in [-0.05, 0) is 33.1 Å². The Morgan fingerprint density at radius 1 is 1.47 bits per heavy atom. The first-order valence-corrected chi connectivity index (χ1v) is 6.78. The van der Waals surface area contributed by atoms with E-state index in [1.54, 1.807) is 0 Å². The van der Waals surface area contributed by atoms with Crippen molar-refractivity contribution in [1.82, 2.24) is 10.6 Å². The van der Waals surface area contributed by atoms with Gasteiger partial charge in [-0.3, -0.25) is 0 Å². The number of urea groups is 1. The summed E-state index contributed by atoms with van der Waals surface area (Å²) in [6, 6.07) is -1.21. The standard InChI is InChI=1S/C13H24N2O4/c1-4-5-10(11(16)17)15-12(18)14-9-6-7-19-13(2,3)8-9/h9-10H,4-8H2,1-3H3,(H,16,17)(H2,14,15,18)/t9?,10-/m0/s1. The molecule has 0 spiro atoms. The molecule has 1 aliphatic rings. The summed E-state index contributed by atoms with van der Waals surface area (Å²) in [6.45, 7) is 6.46. The predicted molar refractivity (Wildman–Crippen MR) is 71.1 cm³/mol. The fraction of sp³-hybridized carbons (Fsp3) is 0.846. The number of ether oxygens (including phenoxy) is 1. The van der Waals surface area contributed by atoms with Gasteiger partial charge in [-0.1, -0.05) is 13.3 Å². The normalized spacial score (nSPS) is 23.4. The highest BCUT2D eigenvalue weighted by molar-refractivity contribution is 5.82. The zero-order chi connectivity index (χ0) is 14.5. The van der Waals surface area contributed by atoms with Gasteiger partial charge in [0.05, 0.1) is 5.60 Å². The van der Waals surface area contributed by atoms with E-state index in [0.717, 1.165) is 12.8 Å². The van der Waals surface area contributed by atoms with Crippen LogP contribution in [0.3, 0.4) is 0 Å². The zero-order valence-electron chi connectivity index (χ0n) is 11.9. The van der Waals surface area contributed by atoms with E-state index in [1.807, 2.05) is 20.8 Å². The molecule has 0 aromatic carbocycles. The monoisotopic (exact) mass is 272 g/mol. The van der Waals surface area contributed by atoms with Crippen LogP contribution in [0, 0.1) is 0 Å². The van der Waals surface area contributed by atoms with E-state index in [1.165, 1.54) is 0 Å². The first-order chi connectivity index (χ1) is 8.84. The average molecular weight is 272 g/mol. The number of carboxylic acid groups (broad SMARTS) is 1. The van der Waals surface area contributed by atoms with Gasteiger partial charge in [0.15, 0.2) is 0 Å². The van der Waals surface area contributed by atoms with Crippen LogP contribution in [-0.2, 0) is 9.53 Å². The molecule has 19 heavy (non-hydrogen) atoms. The Kier molecular flexibility index (Phi) is 5.60. The Labute approximate surface area is 113 Å². The lowest BCUT2D eigenvalue weighted by molar-refractivity contribution is -0.139. The lowest BCUT2D eigenvalue weighted by Crippen LogP contribution is -2.52. The maximum absolute atomic E-state index is 11.8. The van der Waals surface area contributed by atoms with Crippen molar-refractivity contribution in [3.8, 4) is 0 Å². The van der Waals surface area contributed by atoms with Crippen LogP contribution in [0.5, 0.6) is 0 Å². The molecule has 3 N–H and O–H groups in total. The number of carbonyl (C=O) groups is 2. The van der Waals surface area contributed by atoms with E-state index in [2.05, 4.69) is 10.6 Å². The largest absolute Gasteiger partial charge is 0.480 e. The molecule has 110 valence electrons. The topological polar surface area (TPSA) is 87.7 Å². The Balaban J connectivity index is 2.43. The second kappa shape index (κ2) is 6.75. The van der Waals surface area contributed by atoms with E-state index in [0.29, 0.717) is 19.4 Å². The Hall–Kier alpha value is -1.30. The van der Waals surface area contributed by atoms with Gasteiger partial charge in [-0.15, -0.1) is 0 Å². The highest BCUT2D eigenvalue weighted by atomic mass is 16.5. The third-order valence-electron chi connectivity index (χ3n) is 3.21. The number of amides is 2. The summed E-state index contributed by atoms with van der Waals surface area (Å²) < 4.78 is 5.57. The number of nitrogens with one attached hydrogen (secondary N) is 2. The molecule has 0 bridgehead atoms. The van der Waals surface area contributed by atoms with Crippen molar-refractivity contribution in [2.75, 3.05) is 6.61 Å². The summed E-state index contributed by atoms with van der Waals surface area (Å²) in [6.07, 6.45) is 2.62. The summed E-state index contributed by atoms with van der Waals surface area (Å²) in [5.74, 6) is -0.996. The minimum atomic E-state index is -0.996. The van der Waals surface area contributed by atoms with Crippen LogP contribution in [0.25, 0.3) is 0 Å². The first-order valence-electron chi connectivity index (χ1n) is 6.78. The van der Waals surface area contributed by atoms with Crippen molar-refractivity contribution in [2.24, 2.45) is 0 Å². The molecule has 0 aromatic heterocycles. The molecule has 0 radical (unpaired) electrons. The van der Waals surface area contributed by atoms with Gasteiger partial charge in [0.25, 0.3) is 0 Å². The highest BCUT2D eigenvalue weighted by Gasteiger charge is 2.30. The van der Waals surface area contributed by atoms with Crippen LogP contribution in [0.4, 0.5) is 4.79 Å². The number of rotatable bonds is 5. The van der Waals surface area contributed by atoms with Crippen LogP contribution < -0.4 is 10.6 Å². The van der Waals surface area contributed by atoms with Crippen molar-refractivity contribution >= 4 is 12.0 Å². The second-order valence-corrected chi connectivity index (χ2v) is 5.60. The molecule has 6 heteroatoms. The highest BCUT2D eigenvalue weighted by Crippen LogP contribution is 2.23. The molecule has 0 aromatic rings. The summed E-state index contributed by atoms with van der Waals surface area (Å²) >= 11 is 0. The van der Waals surface area contributed by atoms with Gasteiger partial charge < -0.3 is 20.5 Å². The molecular formula is C13H24N2O4. The van der Waals surface area contributed by atoms with Gasteiger partial charge in [0.1, 0.15) is 6.04 Å². The number of aliphatic carboxylic acids is 1. The molecule has 1 fully saturated rings. The summed E-state index contributed by atoms with van der Waals surface area (Å²) in [4.78, 5) is 22.7. The Morgan fingerprint density at radius 3 is 2.68 bits per heavy atom. The molecule has 6 nitrogen and oxygen atoms in total.